The Morgan fingerprint density at radius 1 is 1.32 bits per heavy atom. The molecule has 0 bridgehead atoms. The van der Waals surface area contributed by atoms with Gasteiger partial charge in [-0.1, -0.05) is 41.4 Å². The van der Waals surface area contributed by atoms with Crippen molar-refractivity contribution in [2.45, 2.75) is 11.4 Å². The molecule has 19 heavy (non-hydrogen) atoms. The molecular formula is C13H11Cl2N3O. The van der Waals surface area contributed by atoms with Crippen LogP contribution in [0.15, 0.2) is 30.6 Å². The standard InChI is InChI=1S/C13H11Cl2N3O/c1-19-10-5-3-2-4-9(10)13(15)6-8-11(14)16-7-17-12(8)18-13/h2-5,7H,6H2,1H3,(H,16,17,18). The lowest BCUT2D eigenvalue weighted by Gasteiger charge is -2.24. The number of rotatable bonds is 2. The van der Waals surface area contributed by atoms with Crippen molar-refractivity contribution in [2.24, 2.45) is 0 Å². The lowest BCUT2D eigenvalue weighted by molar-refractivity contribution is 0.405. The number of ether oxygens (including phenoxy) is 1. The van der Waals surface area contributed by atoms with E-state index in [0.717, 1.165) is 16.9 Å². The summed E-state index contributed by atoms with van der Waals surface area (Å²) in [7, 11) is 1.62. The molecule has 0 saturated heterocycles. The number of nitrogens with zero attached hydrogens (tertiary/aromatic N) is 2. The topological polar surface area (TPSA) is 47.0 Å². The van der Waals surface area contributed by atoms with Gasteiger partial charge in [-0.15, -0.1) is 0 Å². The Hall–Kier alpha value is -1.52. The van der Waals surface area contributed by atoms with Crippen LogP contribution < -0.4 is 10.1 Å². The molecule has 2 heterocycles. The number of methoxy groups -OCH3 is 1. The summed E-state index contributed by atoms with van der Waals surface area (Å²) >= 11 is 12.8. The highest BCUT2D eigenvalue weighted by Crippen LogP contribution is 2.45. The summed E-state index contributed by atoms with van der Waals surface area (Å²) < 4.78 is 5.36. The van der Waals surface area contributed by atoms with Crippen LogP contribution in [0.5, 0.6) is 5.75 Å². The molecule has 0 saturated carbocycles. The van der Waals surface area contributed by atoms with E-state index < -0.39 is 5.00 Å². The van der Waals surface area contributed by atoms with Crippen molar-refractivity contribution in [3.05, 3.63) is 46.9 Å². The number of fused-ring (bicyclic) bond motifs is 1. The normalized spacial score (nSPS) is 20.8. The second kappa shape index (κ2) is 4.54. The van der Waals surface area contributed by atoms with Crippen LogP contribution in [-0.2, 0) is 11.4 Å². The number of benzene rings is 1. The van der Waals surface area contributed by atoms with E-state index in [1.807, 2.05) is 24.3 Å². The first-order chi connectivity index (χ1) is 9.14. The SMILES string of the molecule is COc1ccccc1C1(Cl)Cc2c(Cl)ncnc2N1. The molecule has 0 radical (unpaired) electrons. The maximum Gasteiger partial charge on any atom is 0.147 e. The summed E-state index contributed by atoms with van der Waals surface area (Å²) in [5.41, 5.74) is 1.68. The zero-order valence-corrected chi connectivity index (χ0v) is 11.7. The van der Waals surface area contributed by atoms with Gasteiger partial charge in [-0.25, -0.2) is 9.97 Å². The van der Waals surface area contributed by atoms with Crippen LogP contribution in [-0.4, -0.2) is 17.1 Å². The Kier molecular flexibility index (Phi) is 2.99. The number of aromatic nitrogens is 2. The first kappa shape index (κ1) is 12.5. The highest BCUT2D eigenvalue weighted by Gasteiger charge is 2.40. The van der Waals surface area contributed by atoms with Gasteiger partial charge in [0.25, 0.3) is 0 Å². The summed E-state index contributed by atoms with van der Waals surface area (Å²) in [4.78, 5) is 7.33. The number of hydrogen-bond donors (Lipinski definition) is 1. The van der Waals surface area contributed by atoms with Gasteiger partial charge in [0.1, 0.15) is 28.0 Å². The zero-order valence-electron chi connectivity index (χ0n) is 10.2. The highest BCUT2D eigenvalue weighted by molar-refractivity contribution is 6.31. The molecule has 1 atom stereocenters. The Labute approximate surface area is 120 Å². The van der Waals surface area contributed by atoms with Gasteiger partial charge in [-0.05, 0) is 6.07 Å². The predicted molar refractivity (Wildman–Crippen MR) is 74.9 cm³/mol. The Morgan fingerprint density at radius 2 is 2.11 bits per heavy atom. The van der Waals surface area contributed by atoms with Gasteiger partial charge in [0.05, 0.1) is 7.11 Å². The van der Waals surface area contributed by atoms with Crippen molar-refractivity contribution in [3.8, 4) is 5.75 Å². The molecule has 3 rings (SSSR count). The number of nitrogens with one attached hydrogen (secondary N) is 1. The summed E-state index contributed by atoms with van der Waals surface area (Å²) in [5.74, 6) is 1.39. The summed E-state index contributed by atoms with van der Waals surface area (Å²) in [5, 5.41) is 3.62. The minimum absolute atomic E-state index is 0.426. The van der Waals surface area contributed by atoms with E-state index in [1.165, 1.54) is 6.33 Å². The van der Waals surface area contributed by atoms with Crippen LogP contribution in [0, 0.1) is 0 Å². The van der Waals surface area contributed by atoms with Crippen LogP contribution in [0.2, 0.25) is 5.15 Å². The number of hydrogen-bond acceptors (Lipinski definition) is 4. The first-order valence-corrected chi connectivity index (χ1v) is 6.49. The van der Waals surface area contributed by atoms with Crippen molar-refractivity contribution in [1.29, 1.82) is 0 Å². The monoisotopic (exact) mass is 295 g/mol. The molecule has 6 heteroatoms. The van der Waals surface area contributed by atoms with Crippen LogP contribution in [0.1, 0.15) is 11.1 Å². The second-order valence-corrected chi connectivity index (χ2v) is 5.30. The first-order valence-electron chi connectivity index (χ1n) is 5.74. The Balaban J connectivity index is 2.06. The van der Waals surface area contributed by atoms with Crippen molar-refractivity contribution in [3.63, 3.8) is 0 Å². The van der Waals surface area contributed by atoms with Gasteiger partial charge in [-0.2, -0.15) is 0 Å². The minimum atomic E-state index is -0.811. The number of anilines is 1. The number of alkyl halides is 1. The van der Waals surface area contributed by atoms with Crippen molar-refractivity contribution in [2.75, 3.05) is 12.4 Å². The largest absolute Gasteiger partial charge is 0.496 e. The van der Waals surface area contributed by atoms with E-state index >= 15 is 0 Å². The molecule has 2 aromatic rings. The molecule has 0 fully saturated rings. The Morgan fingerprint density at radius 3 is 2.84 bits per heavy atom. The van der Waals surface area contributed by atoms with Crippen molar-refractivity contribution < 1.29 is 4.74 Å². The third-order valence-electron chi connectivity index (χ3n) is 3.16. The smallest absolute Gasteiger partial charge is 0.147 e. The molecular weight excluding hydrogens is 285 g/mol. The molecule has 0 spiro atoms. The summed E-state index contributed by atoms with van der Waals surface area (Å²) in [6, 6.07) is 7.61. The Bertz CT molecular complexity index is 635. The average molecular weight is 296 g/mol. The van der Waals surface area contributed by atoms with Gasteiger partial charge in [0.15, 0.2) is 0 Å². The zero-order chi connectivity index (χ0) is 13.5. The number of halogens is 2. The maximum absolute atomic E-state index is 6.70. The van der Waals surface area contributed by atoms with E-state index in [-0.39, 0.29) is 0 Å². The van der Waals surface area contributed by atoms with Crippen LogP contribution >= 0.6 is 23.2 Å². The van der Waals surface area contributed by atoms with Crippen molar-refractivity contribution in [1.82, 2.24) is 9.97 Å². The fourth-order valence-corrected chi connectivity index (χ4v) is 2.84. The maximum atomic E-state index is 6.70. The molecule has 4 nitrogen and oxygen atoms in total. The second-order valence-electron chi connectivity index (χ2n) is 4.29. The van der Waals surface area contributed by atoms with E-state index in [4.69, 9.17) is 27.9 Å². The van der Waals surface area contributed by atoms with Gasteiger partial charge in [0, 0.05) is 17.5 Å². The molecule has 1 unspecified atom stereocenters. The minimum Gasteiger partial charge on any atom is -0.496 e. The fourth-order valence-electron chi connectivity index (χ4n) is 2.27. The highest BCUT2D eigenvalue weighted by atomic mass is 35.5. The molecule has 1 aromatic heterocycles. The molecule has 1 N–H and O–H groups in total. The van der Waals surface area contributed by atoms with Gasteiger partial charge < -0.3 is 10.1 Å². The molecule has 1 aliphatic heterocycles. The third-order valence-corrected chi connectivity index (χ3v) is 3.92. The number of para-hydroxylation sites is 1. The quantitative estimate of drug-likeness (QED) is 0.525. The van der Waals surface area contributed by atoms with Gasteiger partial charge in [-0.3, -0.25) is 0 Å². The van der Waals surface area contributed by atoms with Gasteiger partial charge >= 0.3 is 0 Å². The van der Waals surface area contributed by atoms with E-state index in [1.54, 1.807) is 7.11 Å². The van der Waals surface area contributed by atoms with Crippen LogP contribution in [0.25, 0.3) is 0 Å². The lowest BCUT2D eigenvalue weighted by Crippen LogP contribution is -2.26. The van der Waals surface area contributed by atoms with Crippen LogP contribution in [0.3, 0.4) is 0 Å². The van der Waals surface area contributed by atoms with E-state index in [9.17, 15) is 0 Å². The summed E-state index contributed by atoms with van der Waals surface area (Å²) in [6.07, 6.45) is 1.92. The van der Waals surface area contributed by atoms with Crippen molar-refractivity contribution >= 4 is 29.0 Å². The third kappa shape index (κ3) is 2.01. The van der Waals surface area contributed by atoms with Gasteiger partial charge in [0.2, 0.25) is 0 Å². The van der Waals surface area contributed by atoms with E-state index in [0.29, 0.717) is 17.4 Å². The predicted octanol–water partition coefficient (Wildman–Crippen LogP) is 3.20. The van der Waals surface area contributed by atoms with Crippen LogP contribution in [0.4, 0.5) is 5.82 Å². The fraction of sp³-hybridized carbons (Fsp3) is 0.231. The molecule has 1 aliphatic rings. The molecule has 0 amide bonds. The summed E-state index contributed by atoms with van der Waals surface area (Å²) in [6.45, 7) is 0. The van der Waals surface area contributed by atoms with E-state index in [2.05, 4.69) is 15.3 Å². The molecule has 98 valence electrons. The average Bonchev–Trinajstić information content (AvgIpc) is 2.78. The molecule has 1 aromatic carbocycles. The lowest BCUT2D eigenvalue weighted by atomic mass is 10.0. The molecule has 0 aliphatic carbocycles.